The Morgan fingerprint density at radius 3 is 2.79 bits per heavy atom. The van der Waals surface area contributed by atoms with Crippen LogP contribution in [-0.4, -0.2) is 10.9 Å². The lowest BCUT2D eigenvalue weighted by molar-refractivity contribution is 0.318. The van der Waals surface area contributed by atoms with Gasteiger partial charge in [0.2, 0.25) is 0 Å². The van der Waals surface area contributed by atoms with Gasteiger partial charge < -0.3 is 15.4 Å². The molecule has 1 aromatic carbocycles. The second-order valence-electron chi connectivity index (χ2n) is 3.03. The van der Waals surface area contributed by atoms with Gasteiger partial charge in [-0.2, -0.15) is 0 Å². The summed E-state index contributed by atoms with van der Waals surface area (Å²) in [6, 6.07) is 7.42. The SMILES string of the molecule is CC(=NO)c1oc2ccccc2c1N. The van der Waals surface area contributed by atoms with Crippen LogP contribution >= 0.6 is 0 Å². The number of anilines is 1. The zero-order valence-corrected chi connectivity index (χ0v) is 7.69. The fourth-order valence-electron chi connectivity index (χ4n) is 1.38. The molecule has 14 heavy (non-hydrogen) atoms. The molecule has 0 atom stereocenters. The second kappa shape index (κ2) is 3.06. The van der Waals surface area contributed by atoms with Crippen LogP contribution in [0.1, 0.15) is 12.7 Å². The van der Waals surface area contributed by atoms with Crippen LogP contribution in [-0.2, 0) is 0 Å². The maximum atomic E-state index is 8.61. The van der Waals surface area contributed by atoms with E-state index in [1.165, 1.54) is 0 Å². The van der Waals surface area contributed by atoms with Crippen molar-refractivity contribution in [2.24, 2.45) is 5.16 Å². The highest BCUT2D eigenvalue weighted by molar-refractivity contribution is 6.07. The number of hydrogen-bond acceptors (Lipinski definition) is 4. The molecule has 0 aliphatic heterocycles. The van der Waals surface area contributed by atoms with E-state index in [9.17, 15) is 0 Å². The fourth-order valence-corrected chi connectivity index (χ4v) is 1.38. The van der Waals surface area contributed by atoms with Gasteiger partial charge in [-0.1, -0.05) is 17.3 Å². The number of nitrogens with zero attached hydrogens (tertiary/aromatic N) is 1. The first-order valence-electron chi connectivity index (χ1n) is 4.20. The van der Waals surface area contributed by atoms with Gasteiger partial charge in [-0.05, 0) is 19.1 Å². The van der Waals surface area contributed by atoms with Gasteiger partial charge in [0.1, 0.15) is 11.3 Å². The molecule has 0 saturated carbocycles. The summed E-state index contributed by atoms with van der Waals surface area (Å²) in [4.78, 5) is 0. The van der Waals surface area contributed by atoms with Crippen molar-refractivity contribution in [2.45, 2.75) is 6.92 Å². The van der Waals surface area contributed by atoms with Crippen molar-refractivity contribution in [1.82, 2.24) is 0 Å². The van der Waals surface area contributed by atoms with Crippen LogP contribution in [0.4, 0.5) is 5.69 Å². The lowest BCUT2D eigenvalue weighted by Crippen LogP contribution is -1.96. The average molecular weight is 190 g/mol. The number of fused-ring (bicyclic) bond motifs is 1. The van der Waals surface area contributed by atoms with Crippen molar-refractivity contribution < 1.29 is 9.62 Å². The van der Waals surface area contributed by atoms with Crippen molar-refractivity contribution in [3.05, 3.63) is 30.0 Å². The number of nitrogens with two attached hydrogens (primary N) is 1. The molecule has 0 saturated heterocycles. The third kappa shape index (κ3) is 1.12. The maximum Gasteiger partial charge on any atom is 0.175 e. The first kappa shape index (κ1) is 8.62. The molecule has 2 rings (SSSR count). The Morgan fingerprint density at radius 1 is 1.43 bits per heavy atom. The molecule has 1 heterocycles. The average Bonchev–Trinajstić information content (AvgIpc) is 2.56. The highest BCUT2D eigenvalue weighted by Gasteiger charge is 2.13. The lowest BCUT2D eigenvalue weighted by atomic mass is 10.2. The van der Waals surface area contributed by atoms with Gasteiger partial charge in [-0.3, -0.25) is 0 Å². The molecule has 4 nitrogen and oxygen atoms in total. The zero-order chi connectivity index (χ0) is 10.1. The maximum absolute atomic E-state index is 8.61. The monoisotopic (exact) mass is 190 g/mol. The normalized spacial score (nSPS) is 12.2. The van der Waals surface area contributed by atoms with Crippen LogP contribution in [0.2, 0.25) is 0 Å². The van der Waals surface area contributed by atoms with E-state index in [1.807, 2.05) is 24.3 Å². The molecular formula is C10H10N2O2. The molecule has 0 amide bonds. The summed E-state index contributed by atoms with van der Waals surface area (Å²) in [6.45, 7) is 1.63. The number of para-hydroxylation sites is 1. The minimum Gasteiger partial charge on any atom is -0.452 e. The lowest BCUT2D eigenvalue weighted by Gasteiger charge is -1.92. The van der Waals surface area contributed by atoms with Gasteiger partial charge in [0.15, 0.2) is 5.76 Å². The van der Waals surface area contributed by atoms with Crippen molar-refractivity contribution in [1.29, 1.82) is 0 Å². The van der Waals surface area contributed by atoms with Gasteiger partial charge in [-0.25, -0.2) is 0 Å². The second-order valence-corrected chi connectivity index (χ2v) is 3.03. The van der Waals surface area contributed by atoms with E-state index >= 15 is 0 Å². The Balaban J connectivity index is 2.75. The highest BCUT2D eigenvalue weighted by Crippen LogP contribution is 2.28. The van der Waals surface area contributed by atoms with Crippen molar-refractivity contribution >= 4 is 22.4 Å². The molecule has 0 radical (unpaired) electrons. The number of oxime groups is 1. The smallest absolute Gasteiger partial charge is 0.175 e. The minimum absolute atomic E-state index is 0.374. The van der Waals surface area contributed by atoms with Gasteiger partial charge in [-0.15, -0.1) is 0 Å². The molecule has 1 aromatic heterocycles. The molecule has 72 valence electrons. The first-order valence-corrected chi connectivity index (χ1v) is 4.20. The number of rotatable bonds is 1. The Hall–Kier alpha value is -1.97. The van der Waals surface area contributed by atoms with E-state index in [0.717, 1.165) is 5.39 Å². The van der Waals surface area contributed by atoms with Crippen LogP contribution in [0.25, 0.3) is 11.0 Å². The van der Waals surface area contributed by atoms with Crippen molar-refractivity contribution in [2.75, 3.05) is 5.73 Å². The topological polar surface area (TPSA) is 71.8 Å². The fraction of sp³-hybridized carbons (Fsp3) is 0.100. The van der Waals surface area contributed by atoms with E-state index in [1.54, 1.807) is 6.92 Å². The predicted octanol–water partition coefficient (Wildman–Crippen LogP) is 2.21. The summed E-state index contributed by atoms with van der Waals surface area (Å²) in [5.74, 6) is 0.425. The first-order chi connectivity index (χ1) is 6.74. The van der Waals surface area contributed by atoms with Crippen LogP contribution in [0.3, 0.4) is 0 Å². The molecule has 3 N–H and O–H groups in total. The van der Waals surface area contributed by atoms with Gasteiger partial charge in [0, 0.05) is 5.39 Å². The molecule has 0 spiro atoms. The Bertz CT molecular complexity index is 500. The molecule has 0 aliphatic carbocycles. The Labute approximate surface area is 80.6 Å². The molecule has 2 aromatic rings. The molecular weight excluding hydrogens is 180 g/mol. The highest BCUT2D eigenvalue weighted by atomic mass is 16.4. The van der Waals surface area contributed by atoms with Crippen molar-refractivity contribution in [3.63, 3.8) is 0 Å². The molecule has 0 aliphatic rings. The van der Waals surface area contributed by atoms with Crippen LogP contribution in [0, 0.1) is 0 Å². The van der Waals surface area contributed by atoms with E-state index in [4.69, 9.17) is 15.4 Å². The number of hydrogen-bond donors (Lipinski definition) is 2. The van der Waals surface area contributed by atoms with E-state index in [2.05, 4.69) is 5.16 Å². The van der Waals surface area contributed by atoms with E-state index in [0.29, 0.717) is 22.7 Å². The zero-order valence-electron chi connectivity index (χ0n) is 7.69. The van der Waals surface area contributed by atoms with Crippen LogP contribution < -0.4 is 5.73 Å². The van der Waals surface area contributed by atoms with E-state index < -0.39 is 0 Å². The van der Waals surface area contributed by atoms with Crippen molar-refractivity contribution in [3.8, 4) is 0 Å². The van der Waals surface area contributed by atoms with Gasteiger partial charge >= 0.3 is 0 Å². The molecule has 0 fully saturated rings. The van der Waals surface area contributed by atoms with E-state index in [-0.39, 0.29) is 0 Å². The molecule has 0 bridgehead atoms. The van der Waals surface area contributed by atoms with Gasteiger partial charge in [0.05, 0.1) is 5.69 Å². The van der Waals surface area contributed by atoms with Gasteiger partial charge in [0.25, 0.3) is 0 Å². The number of nitrogen functional groups attached to an aromatic ring is 1. The number of benzene rings is 1. The van der Waals surface area contributed by atoms with Crippen LogP contribution in [0.15, 0.2) is 33.8 Å². The summed E-state index contributed by atoms with van der Waals surface area (Å²) >= 11 is 0. The third-order valence-corrected chi connectivity index (χ3v) is 2.11. The Morgan fingerprint density at radius 2 is 2.14 bits per heavy atom. The summed E-state index contributed by atoms with van der Waals surface area (Å²) in [6.07, 6.45) is 0. The minimum atomic E-state index is 0.374. The predicted molar refractivity (Wildman–Crippen MR) is 54.6 cm³/mol. The Kier molecular flexibility index (Phi) is 1.89. The summed E-state index contributed by atoms with van der Waals surface area (Å²) in [7, 11) is 0. The largest absolute Gasteiger partial charge is 0.452 e. The number of furan rings is 1. The molecule has 0 unspecified atom stereocenters. The summed E-state index contributed by atoms with van der Waals surface area (Å²) in [5, 5.41) is 12.5. The standard InChI is InChI=1S/C10H10N2O2/c1-6(12-13)10-9(11)7-4-2-3-5-8(7)14-10/h2-5,13H,11H2,1H3. The summed E-state index contributed by atoms with van der Waals surface area (Å²) in [5.41, 5.74) is 7.41. The quantitative estimate of drug-likeness (QED) is 0.411. The summed E-state index contributed by atoms with van der Waals surface area (Å²) < 4.78 is 5.44. The van der Waals surface area contributed by atoms with Crippen LogP contribution in [0.5, 0.6) is 0 Å². The third-order valence-electron chi connectivity index (χ3n) is 2.11. The molecule has 4 heteroatoms.